The van der Waals surface area contributed by atoms with Gasteiger partial charge < -0.3 is 10.8 Å². The molecule has 0 amide bonds. The quantitative estimate of drug-likeness (QED) is 0.648. The number of hydrogen-bond donors (Lipinski definition) is 2. The first kappa shape index (κ1) is 12.7. The smallest absolute Gasteiger partial charge is 0.236 e. The van der Waals surface area contributed by atoms with E-state index in [2.05, 4.69) is 0 Å². The predicted molar refractivity (Wildman–Crippen MR) is 72.3 cm³/mol. The number of hydrogen-bond acceptors (Lipinski definition) is 4. The summed E-state index contributed by atoms with van der Waals surface area (Å²) in [5.74, 6) is -0.474. The van der Waals surface area contributed by atoms with Crippen molar-refractivity contribution in [1.29, 1.82) is 5.26 Å². The zero-order chi connectivity index (χ0) is 13.8. The lowest BCUT2D eigenvalue weighted by Gasteiger charge is -2.12. The average molecular weight is 252 g/mol. The van der Waals surface area contributed by atoms with Crippen LogP contribution in [0.15, 0.2) is 42.5 Å². The summed E-state index contributed by atoms with van der Waals surface area (Å²) in [5, 5.41) is 18.5. The van der Waals surface area contributed by atoms with Gasteiger partial charge in [0, 0.05) is 17.7 Å². The minimum atomic E-state index is -0.526. The van der Waals surface area contributed by atoms with Gasteiger partial charge in [0.25, 0.3) is 0 Å². The zero-order valence-corrected chi connectivity index (χ0v) is 10.1. The molecule has 0 saturated carbocycles. The van der Waals surface area contributed by atoms with Gasteiger partial charge in [-0.15, -0.1) is 0 Å². The van der Waals surface area contributed by atoms with Crippen LogP contribution in [-0.2, 0) is 11.2 Å². The van der Waals surface area contributed by atoms with E-state index in [0.717, 1.165) is 0 Å². The molecule has 0 saturated heterocycles. The maximum absolute atomic E-state index is 11.3. The van der Waals surface area contributed by atoms with E-state index < -0.39 is 5.78 Å². The summed E-state index contributed by atoms with van der Waals surface area (Å²) in [4.78, 5) is 11.3. The minimum absolute atomic E-state index is 0.000444. The van der Waals surface area contributed by atoms with E-state index in [1.54, 1.807) is 42.5 Å². The van der Waals surface area contributed by atoms with Gasteiger partial charge in [0.05, 0.1) is 0 Å². The minimum Gasteiger partial charge on any atom is -0.507 e. The lowest BCUT2D eigenvalue weighted by atomic mass is 9.95. The highest BCUT2D eigenvalue weighted by atomic mass is 16.3. The molecule has 0 atom stereocenters. The molecule has 0 spiro atoms. The Kier molecular flexibility index (Phi) is 3.48. The zero-order valence-electron chi connectivity index (χ0n) is 10.1. The molecule has 0 bridgehead atoms. The van der Waals surface area contributed by atoms with Crippen molar-refractivity contribution in [3.63, 3.8) is 0 Å². The fourth-order valence-electron chi connectivity index (χ4n) is 1.98. The number of anilines is 1. The lowest BCUT2D eigenvalue weighted by Crippen LogP contribution is -2.01. The van der Waals surface area contributed by atoms with E-state index in [0.29, 0.717) is 22.4 Å². The van der Waals surface area contributed by atoms with Gasteiger partial charge in [-0.05, 0) is 23.3 Å². The maximum atomic E-state index is 11.3. The van der Waals surface area contributed by atoms with Crippen molar-refractivity contribution in [3.8, 4) is 22.9 Å². The first-order valence-corrected chi connectivity index (χ1v) is 5.72. The molecule has 0 heterocycles. The number of nitriles is 1. The molecular weight excluding hydrogens is 240 g/mol. The fraction of sp³-hybridized carbons (Fsp3) is 0.0667. The van der Waals surface area contributed by atoms with Gasteiger partial charge in [-0.25, -0.2) is 0 Å². The maximum Gasteiger partial charge on any atom is 0.236 e. The standard InChI is InChI=1S/C15H12N2O2/c16-9-11(18)8-10-4-1-2-5-12(10)15-13(17)6-3-7-14(15)19/h1-7,19H,8,17H2. The van der Waals surface area contributed by atoms with E-state index >= 15 is 0 Å². The third kappa shape index (κ3) is 2.55. The Bertz CT molecular complexity index is 652. The molecule has 0 aliphatic rings. The summed E-state index contributed by atoms with van der Waals surface area (Å²) in [6.07, 6.45) is 0.000444. The number of nitrogens with zero attached hydrogens (tertiary/aromatic N) is 1. The second-order valence-corrected chi connectivity index (χ2v) is 4.11. The van der Waals surface area contributed by atoms with Gasteiger partial charge in [0.15, 0.2) is 0 Å². The highest BCUT2D eigenvalue weighted by Gasteiger charge is 2.13. The first-order valence-electron chi connectivity index (χ1n) is 5.72. The second kappa shape index (κ2) is 5.23. The molecule has 2 rings (SSSR count). The van der Waals surface area contributed by atoms with Crippen LogP contribution in [0.2, 0.25) is 0 Å². The molecule has 0 aromatic heterocycles. The third-order valence-electron chi connectivity index (χ3n) is 2.84. The Morgan fingerprint density at radius 1 is 1.21 bits per heavy atom. The number of phenols is 1. The molecule has 0 radical (unpaired) electrons. The monoisotopic (exact) mass is 252 g/mol. The number of phenolic OH excluding ortho intramolecular Hbond substituents is 1. The Labute approximate surface area is 110 Å². The Balaban J connectivity index is 2.57. The topological polar surface area (TPSA) is 87.1 Å². The number of carbonyl (C=O) groups excluding carboxylic acids is 1. The van der Waals surface area contributed by atoms with Crippen LogP contribution < -0.4 is 5.73 Å². The first-order chi connectivity index (χ1) is 9.13. The highest BCUT2D eigenvalue weighted by Crippen LogP contribution is 2.36. The Hall–Kier alpha value is -2.80. The lowest BCUT2D eigenvalue weighted by molar-refractivity contribution is -0.113. The number of carbonyl (C=O) groups is 1. The molecular formula is C15H12N2O2. The molecule has 2 aromatic rings. The van der Waals surface area contributed by atoms with Crippen molar-refractivity contribution in [2.24, 2.45) is 0 Å². The van der Waals surface area contributed by atoms with Crippen LogP contribution in [0.25, 0.3) is 11.1 Å². The summed E-state index contributed by atoms with van der Waals surface area (Å²) in [6, 6.07) is 13.5. The van der Waals surface area contributed by atoms with Gasteiger partial charge in [0.2, 0.25) is 5.78 Å². The van der Waals surface area contributed by atoms with Crippen molar-refractivity contribution >= 4 is 11.5 Å². The van der Waals surface area contributed by atoms with E-state index in [9.17, 15) is 9.90 Å². The molecule has 4 nitrogen and oxygen atoms in total. The fourth-order valence-corrected chi connectivity index (χ4v) is 1.98. The number of Topliss-reactive ketones (excluding diaryl/α,β-unsaturated/α-hetero) is 1. The molecule has 4 heteroatoms. The normalized spacial score (nSPS) is 9.84. The molecule has 0 fully saturated rings. The van der Waals surface area contributed by atoms with Gasteiger partial charge >= 0.3 is 0 Å². The van der Waals surface area contributed by atoms with Gasteiger partial charge in [-0.2, -0.15) is 5.26 Å². The van der Waals surface area contributed by atoms with Crippen LogP contribution in [0.5, 0.6) is 5.75 Å². The molecule has 19 heavy (non-hydrogen) atoms. The summed E-state index contributed by atoms with van der Waals surface area (Å²) >= 11 is 0. The van der Waals surface area contributed by atoms with E-state index in [1.807, 2.05) is 0 Å². The van der Waals surface area contributed by atoms with Crippen LogP contribution in [0.3, 0.4) is 0 Å². The van der Waals surface area contributed by atoms with Crippen molar-refractivity contribution in [2.75, 3.05) is 5.73 Å². The Morgan fingerprint density at radius 3 is 2.63 bits per heavy atom. The van der Waals surface area contributed by atoms with Crippen LogP contribution in [0, 0.1) is 11.3 Å². The number of aromatic hydroxyl groups is 1. The van der Waals surface area contributed by atoms with Crippen molar-refractivity contribution in [2.45, 2.75) is 6.42 Å². The van der Waals surface area contributed by atoms with Crippen LogP contribution in [0.1, 0.15) is 5.56 Å². The van der Waals surface area contributed by atoms with Gasteiger partial charge in [-0.3, -0.25) is 4.79 Å². The van der Waals surface area contributed by atoms with Crippen LogP contribution in [0.4, 0.5) is 5.69 Å². The number of nitrogen functional groups attached to an aromatic ring is 1. The molecule has 3 N–H and O–H groups in total. The SMILES string of the molecule is N#CC(=O)Cc1ccccc1-c1c(N)cccc1O. The molecule has 0 aliphatic carbocycles. The average Bonchev–Trinajstić information content (AvgIpc) is 2.40. The number of nitrogens with two attached hydrogens (primary N) is 1. The van der Waals surface area contributed by atoms with Gasteiger partial charge in [0.1, 0.15) is 11.8 Å². The highest BCUT2D eigenvalue weighted by molar-refractivity contribution is 5.96. The molecule has 0 aliphatic heterocycles. The summed E-state index contributed by atoms with van der Waals surface area (Å²) in [7, 11) is 0. The van der Waals surface area contributed by atoms with Crippen LogP contribution >= 0.6 is 0 Å². The summed E-state index contributed by atoms with van der Waals surface area (Å²) in [5.41, 5.74) is 8.13. The number of rotatable bonds is 3. The third-order valence-corrected chi connectivity index (χ3v) is 2.84. The summed E-state index contributed by atoms with van der Waals surface area (Å²) in [6.45, 7) is 0. The number of benzene rings is 2. The van der Waals surface area contributed by atoms with E-state index in [4.69, 9.17) is 11.0 Å². The van der Waals surface area contributed by atoms with Crippen molar-refractivity contribution < 1.29 is 9.90 Å². The molecule has 2 aromatic carbocycles. The van der Waals surface area contributed by atoms with E-state index in [1.165, 1.54) is 6.07 Å². The summed E-state index contributed by atoms with van der Waals surface area (Å²) < 4.78 is 0. The largest absolute Gasteiger partial charge is 0.507 e. The van der Waals surface area contributed by atoms with Crippen molar-refractivity contribution in [1.82, 2.24) is 0 Å². The van der Waals surface area contributed by atoms with Crippen molar-refractivity contribution in [3.05, 3.63) is 48.0 Å². The number of ketones is 1. The molecule has 0 unspecified atom stereocenters. The predicted octanol–water partition coefficient (Wildman–Crippen LogP) is 2.28. The second-order valence-electron chi connectivity index (χ2n) is 4.11. The Morgan fingerprint density at radius 2 is 1.95 bits per heavy atom. The van der Waals surface area contributed by atoms with Crippen LogP contribution in [-0.4, -0.2) is 10.9 Å². The van der Waals surface area contributed by atoms with E-state index in [-0.39, 0.29) is 12.2 Å². The van der Waals surface area contributed by atoms with Gasteiger partial charge in [-0.1, -0.05) is 30.3 Å². The molecule has 94 valence electrons.